The average Bonchev–Trinajstić information content (AvgIpc) is 2.78. The minimum atomic E-state index is -0.493. The fraction of sp³-hybridized carbons (Fsp3) is 0.474. The summed E-state index contributed by atoms with van der Waals surface area (Å²) in [6, 6.07) is 9.33. The van der Waals surface area contributed by atoms with E-state index < -0.39 is 5.60 Å². The number of fused-ring (bicyclic) bond motifs is 2. The smallest absolute Gasteiger partial charge is 0.414 e. The molecular formula is C19H22N2O3. The fourth-order valence-corrected chi connectivity index (χ4v) is 3.18. The highest BCUT2D eigenvalue weighted by Crippen LogP contribution is 2.37. The van der Waals surface area contributed by atoms with Crippen LogP contribution in [0.25, 0.3) is 0 Å². The Hall–Kier alpha value is -2.48. The number of rotatable bonds is 2. The maximum Gasteiger partial charge on any atom is 0.414 e. The molecule has 0 saturated carbocycles. The monoisotopic (exact) mass is 326 g/mol. The van der Waals surface area contributed by atoms with Gasteiger partial charge in [-0.3, -0.25) is 4.90 Å². The zero-order chi connectivity index (χ0) is 17.3. The SMILES string of the molecule is CC(C)(C)OC(=O)N1C2=CC[C@H]1C[C@@H](Oc1ccc(C#N)cc1)C2. The lowest BCUT2D eigenvalue weighted by Gasteiger charge is -2.37. The highest BCUT2D eigenvalue weighted by molar-refractivity contribution is 5.72. The van der Waals surface area contributed by atoms with E-state index in [4.69, 9.17) is 14.7 Å². The fourth-order valence-electron chi connectivity index (χ4n) is 3.18. The predicted molar refractivity (Wildman–Crippen MR) is 89.4 cm³/mol. The molecule has 3 rings (SSSR count). The van der Waals surface area contributed by atoms with Gasteiger partial charge in [0.1, 0.15) is 17.5 Å². The molecule has 1 aromatic carbocycles. The lowest BCUT2D eigenvalue weighted by atomic mass is 10.0. The Kier molecular flexibility index (Phi) is 4.23. The van der Waals surface area contributed by atoms with Crippen LogP contribution in [0, 0.1) is 11.3 Å². The molecule has 1 amide bonds. The van der Waals surface area contributed by atoms with Crippen molar-refractivity contribution in [3.63, 3.8) is 0 Å². The standard InChI is InChI=1S/C19H22N2O3/c1-19(2,3)24-18(22)21-14-6-7-15(21)11-17(10-14)23-16-8-4-13(12-20)5-9-16/h4-6,8-9,15,17H,7,10-11H2,1-3H3/t15-,17-/m0/s1. The zero-order valence-corrected chi connectivity index (χ0v) is 14.3. The van der Waals surface area contributed by atoms with Crippen LogP contribution in [0.1, 0.15) is 45.6 Å². The van der Waals surface area contributed by atoms with Crippen LogP contribution in [0.2, 0.25) is 0 Å². The minimum absolute atomic E-state index is 0.0374. The summed E-state index contributed by atoms with van der Waals surface area (Å²) in [6.45, 7) is 5.63. The summed E-state index contributed by atoms with van der Waals surface area (Å²) in [5.74, 6) is 0.754. The number of carbonyl (C=O) groups is 1. The molecule has 5 nitrogen and oxygen atoms in total. The summed E-state index contributed by atoms with van der Waals surface area (Å²) in [5.41, 5.74) is 1.11. The van der Waals surface area contributed by atoms with Gasteiger partial charge in [0.05, 0.1) is 11.6 Å². The van der Waals surface area contributed by atoms with Crippen LogP contribution in [0.3, 0.4) is 0 Å². The third-order valence-electron chi connectivity index (χ3n) is 4.15. The van der Waals surface area contributed by atoms with Crippen LogP contribution in [-0.2, 0) is 4.74 Å². The lowest BCUT2D eigenvalue weighted by Crippen LogP contribution is -2.46. The Morgan fingerprint density at radius 1 is 1.29 bits per heavy atom. The summed E-state index contributed by atoms with van der Waals surface area (Å²) in [5, 5.41) is 8.84. The molecule has 1 saturated heterocycles. The first-order valence-corrected chi connectivity index (χ1v) is 8.24. The highest BCUT2D eigenvalue weighted by atomic mass is 16.6. The molecule has 1 aromatic rings. The first-order chi connectivity index (χ1) is 11.4. The van der Waals surface area contributed by atoms with Gasteiger partial charge in [0, 0.05) is 24.6 Å². The quantitative estimate of drug-likeness (QED) is 0.824. The average molecular weight is 326 g/mol. The molecule has 0 aromatic heterocycles. The number of hydrogen-bond donors (Lipinski definition) is 0. The topological polar surface area (TPSA) is 62.6 Å². The molecule has 126 valence electrons. The summed E-state index contributed by atoms with van der Waals surface area (Å²) < 4.78 is 11.5. The molecule has 24 heavy (non-hydrogen) atoms. The molecular weight excluding hydrogens is 304 g/mol. The van der Waals surface area contributed by atoms with Gasteiger partial charge in [-0.15, -0.1) is 0 Å². The Morgan fingerprint density at radius 2 is 2.00 bits per heavy atom. The van der Waals surface area contributed by atoms with Crippen molar-refractivity contribution in [3.8, 4) is 11.8 Å². The lowest BCUT2D eigenvalue weighted by molar-refractivity contribution is 0.0141. The molecule has 2 heterocycles. The van der Waals surface area contributed by atoms with E-state index in [9.17, 15) is 4.79 Å². The van der Waals surface area contributed by atoms with Crippen molar-refractivity contribution in [2.75, 3.05) is 0 Å². The molecule has 2 aliphatic rings. The van der Waals surface area contributed by atoms with E-state index in [2.05, 4.69) is 12.1 Å². The molecule has 2 aliphatic heterocycles. The third-order valence-corrected chi connectivity index (χ3v) is 4.15. The van der Waals surface area contributed by atoms with Crippen LogP contribution in [0.5, 0.6) is 5.75 Å². The number of carbonyl (C=O) groups excluding carboxylic acids is 1. The first-order valence-electron chi connectivity index (χ1n) is 8.24. The van der Waals surface area contributed by atoms with Gasteiger partial charge in [-0.25, -0.2) is 4.79 Å². The Bertz CT molecular complexity index is 695. The number of piperidine rings is 1. The summed E-state index contributed by atoms with van der Waals surface area (Å²) in [4.78, 5) is 14.2. The number of amides is 1. The number of nitrogens with zero attached hydrogens (tertiary/aromatic N) is 2. The maximum atomic E-state index is 12.4. The molecule has 5 heteroatoms. The second kappa shape index (κ2) is 6.20. The van der Waals surface area contributed by atoms with E-state index in [1.54, 1.807) is 17.0 Å². The van der Waals surface area contributed by atoms with Crippen LogP contribution in [0.4, 0.5) is 4.79 Å². The van der Waals surface area contributed by atoms with Gasteiger partial charge in [-0.05, 0) is 51.5 Å². The van der Waals surface area contributed by atoms with Crippen molar-refractivity contribution in [2.24, 2.45) is 0 Å². The first kappa shape index (κ1) is 16.4. The summed E-state index contributed by atoms with van der Waals surface area (Å²) >= 11 is 0. The molecule has 0 radical (unpaired) electrons. The second-order valence-electron chi connectivity index (χ2n) is 7.25. The molecule has 0 spiro atoms. The Labute approximate surface area is 142 Å². The molecule has 0 unspecified atom stereocenters. The molecule has 2 bridgehead atoms. The number of nitriles is 1. The van der Waals surface area contributed by atoms with Gasteiger partial charge >= 0.3 is 6.09 Å². The van der Waals surface area contributed by atoms with Gasteiger partial charge in [0.25, 0.3) is 0 Å². The van der Waals surface area contributed by atoms with E-state index in [1.165, 1.54) is 0 Å². The predicted octanol–water partition coefficient (Wildman–Crippen LogP) is 3.99. The van der Waals surface area contributed by atoms with E-state index in [0.717, 1.165) is 24.3 Å². The van der Waals surface area contributed by atoms with Crippen molar-refractivity contribution >= 4 is 6.09 Å². The van der Waals surface area contributed by atoms with Crippen LogP contribution < -0.4 is 4.74 Å². The van der Waals surface area contributed by atoms with E-state index in [1.807, 2.05) is 32.9 Å². The van der Waals surface area contributed by atoms with Crippen molar-refractivity contribution in [3.05, 3.63) is 41.6 Å². The molecule has 0 aliphatic carbocycles. The van der Waals surface area contributed by atoms with Gasteiger partial charge in [0.15, 0.2) is 0 Å². The van der Waals surface area contributed by atoms with Gasteiger partial charge in [-0.2, -0.15) is 5.26 Å². The van der Waals surface area contributed by atoms with Crippen molar-refractivity contribution in [1.82, 2.24) is 4.90 Å². The Balaban J connectivity index is 1.64. The largest absolute Gasteiger partial charge is 0.490 e. The Morgan fingerprint density at radius 3 is 2.58 bits per heavy atom. The highest BCUT2D eigenvalue weighted by Gasteiger charge is 2.41. The van der Waals surface area contributed by atoms with Crippen LogP contribution >= 0.6 is 0 Å². The second-order valence-corrected chi connectivity index (χ2v) is 7.25. The molecule has 0 N–H and O–H groups in total. The van der Waals surface area contributed by atoms with Gasteiger partial charge in [0.2, 0.25) is 0 Å². The number of hydrogen-bond acceptors (Lipinski definition) is 4. The van der Waals surface area contributed by atoms with Crippen molar-refractivity contribution in [2.45, 2.75) is 57.8 Å². The van der Waals surface area contributed by atoms with Crippen molar-refractivity contribution in [1.29, 1.82) is 5.26 Å². The van der Waals surface area contributed by atoms with Crippen LogP contribution in [-0.4, -0.2) is 28.7 Å². The van der Waals surface area contributed by atoms with Crippen LogP contribution in [0.15, 0.2) is 36.0 Å². The number of benzene rings is 1. The minimum Gasteiger partial charge on any atom is -0.490 e. The van der Waals surface area contributed by atoms with E-state index in [0.29, 0.717) is 12.0 Å². The van der Waals surface area contributed by atoms with E-state index >= 15 is 0 Å². The summed E-state index contributed by atoms with van der Waals surface area (Å²) in [7, 11) is 0. The van der Waals surface area contributed by atoms with Gasteiger partial charge < -0.3 is 9.47 Å². The number of ether oxygens (including phenoxy) is 2. The normalized spacial score (nSPS) is 22.6. The molecule has 2 atom stereocenters. The van der Waals surface area contributed by atoms with Crippen molar-refractivity contribution < 1.29 is 14.3 Å². The van der Waals surface area contributed by atoms with Gasteiger partial charge in [-0.1, -0.05) is 6.08 Å². The molecule has 1 fully saturated rings. The zero-order valence-electron chi connectivity index (χ0n) is 14.3. The third kappa shape index (κ3) is 3.53. The summed E-state index contributed by atoms with van der Waals surface area (Å²) in [6.07, 6.45) is 4.19. The maximum absolute atomic E-state index is 12.4. The van der Waals surface area contributed by atoms with E-state index in [-0.39, 0.29) is 18.2 Å².